The molecule has 2 N–H and O–H groups in total. The molecule has 2 heterocycles. The second-order valence-electron chi connectivity index (χ2n) is 8.44. The van der Waals surface area contributed by atoms with Crippen LogP contribution < -0.4 is 5.32 Å². The highest BCUT2D eigenvalue weighted by Gasteiger charge is 2.37. The zero-order valence-corrected chi connectivity index (χ0v) is 20.0. The Bertz CT molecular complexity index is 1140. The van der Waals surface area contributed by atoms with E-state index in [2.05, 4.69) is 61.5 Å². The summed E-state index contributed by atoms with van der Waals surface area (Å²) in [5, 5.41) is 4.99. The average molecular weight is 499 g/mol. The minimum Gasteiger partial charge on any atom is -0.453 e. The molecule has 2 aromatic carbocycles. The van der Waals surface area contributed by atoms with Crippen molar-refractivity contribution in [2.45, 2.75) is 38.8 Å². The standard InChI is InChI=1S/C24H27BrN4O3/c1-14(2)21(28-24(31)32-3)23(30)29-10-4-5-20(29)22-26-13-19(27-22)17-7-6-16-12-18(25)9-8-15(16)11-17/h6-9,11-14,20-21H,4-5,10H2,1-3H3,(H,26,27)(H,28,31)/t20-,21?/m0/s1. The number of H-pyrrole nitrogens is 1. The van der Waals surface area contributed by atoms with Gasteiger partial charge in [0.1, 0.15) is 11.9 Å². The minimum atomic E-state index is -0.641. The van der Waals surface area contributed by atoms with E-state index >= 15 is 0 Å². The van der Waals surface area contributed by atoms with Gasteiger partial charge in [0.2, 0.25) is 5.91 Å². The number of hydrogen-bond acceptors (Lipinski definition) is 4. The van der Waals surface area contributed by atoms with E-state index in [1.165, 1.54) is 7.11 Å². The van der Waals surface area contributed by atoms with Gasteiger partial charge in [0.05, 0.1) is 25.0 Å². The number of fused-ring (bicyclic) bond motifs is 1. The van der Waals surface area contributed by atoms with Crippen molar-refractivity contribution in [1.82, 2.24) is 20.2 Å². The Labute approximate surface area is 195 Å². The van der Waals surface area contributed by atoms with Crippen molar-refractivity contribution in [3.05, 3.63) is 52.9 Å². The summed E-state index contributed by atoms with van der Waals surface area (Å²) in [6.45, 7) is 4.45. The predicted molar refractivity (Wildman–Crippen MR) is 127 cm³/mol. The molecule has 32 heavy (non-hydrogen) atoms. The normalized spacial score (nSPS) is 17.0. The molecule has 168 valence electrons. The molecule has 4 rings (SSSR count). The molecule has 1 aliphatic rings. The molecule has 1 aliphatic heterocycles. The molecule has 0 radical (unpaired) electrons. The number of likely N-dealkylation sites (tertiary alicyclic amines) is 1. The van der Waals surface area contributed by atoms with Gasteiger partial charge in [-0.15, -0.1) is 0 Å². The maximum absolute atomic E-state index is 13.3. The van der Waals surface area contributed by atoms with E-state index in [4.69, 9.17) is 4.74 Å². The number of nitrogens with one attached hydrogen (secondary N) is 2. The van der Waals surface area contributed by atoms with Gasteiger partial charge in [-0.05, 0) is 47.7 Å². The fourth-order valence-electron chi connectivity index (χ4n) is 4.23. The highest BCUT2D eigenvalue weighted by molar-refractivity contribution is 9.10. The number of carbonyl (C=O) groups is 2. The number of imidazole rings is 1. The van der Waals surface area contributed by atoms with Crippen LogP contribution in [0.1, 0.15) is 38.6 Å². The molecular weight excluding hydrogens is 472 g/mol. The van der Waals surface area contributed by atoms with Crippen LogP contribution in [0.5, 0.6) is 0 Å². The molecule has 3 aromatic rings. The van der Waals surface area contributed by atoms with E-state index < -0.39 is 12.1 Å². The topological polar surface area (TPSA) is 87.3 Å². The lowest BCUT2D eigenvalue weighted by molar-refractivity contribution is -0.135. The first-order chi connectivity index (χ1) is 15.4. The third-order valence-electron chi connectivity index (χ3n) is 5.95. The van der Waals surface area contributed by atoms with Gasteiger partial charge in [0, 0.05) is 16.6 Å². The Morgan fingerprint density at radius 2 is 1.97 bits per heavy atom. The number of aromatic amines is 1. The highest BCUT2D eigenvalue weighted by Crippen LogP contribution is 2.33. The molecule has 0 aliphatic carbocycles. The van der Waals surface area contributed by atoms with E-state index in [0.717, 1.165) is 45.2 Å². The summed E-state index contributed by atoms with van der Waals surface area (Å²) >= 11 is 3.51. The van der Waals surface area contributed by atoms with Crippen LogP contribution in [0.25, 0.3) is 22.0 Å². The summed E-state index contributed by atoms with van der Waals surface area (Å²) in [5.74, 6) is 0.595. The second kappa shape index (κ2) is 9.32. The van der Waals surface area contributed by atoms with E-state index in [-0.39, 0.29) is 17.9 Å². The van der Waals surface area contributed by atoms with Crippen molar-refractivity contribution >= 4 is 38.7 Å². The number of benzene rings is 2. The molecular formula is C24H27BrN4O3. The number of ether oxygens (including phenoxy) is 1. The fraction of sp³-hybridized carbons (Fsp3) is 0.375. The molecule has 7 nitrogen and oxygen atoms in total. The third-order valence-corrected chi connectivity index (χ3v) is 6.44. The van der Waals surface area contributed by atoms with Gasteiger partial charge in [-0.2, -0.15) is 0 Å². The van der Waals surface area contributed by atoms with Crippen LogP contribution in [0.3, 0.4) is 0 Å². The first-order valence-corrected chi connectivity index (χ1v) is 11.6. The van der Waals surface area contributed by atoms with Gasteiger partial charge in [-0.3, -0.25) is 4.79 Å². The van der Waals surface area contributed by atoms with Crippen LogP contribution >= 0.6 is 15.9 Å². The van der Waals surface area contributed by atoms with Crippen LogP contribution in [0.2, 0.25) is 0 Å². The lowest BCUT2D eigenvalue weighted by Gasteiger charge is -2.30. The van der Waals surface area contributed by atoms with Crippen LogP contribution in [0.15, 0.2) is 47.1 Å². The predicted octanol–water partition coefficient (Wildman–Crippen LogP) is 5.04. The summed E-state index contributed by atoms with van der Waals surface area (Å²) in [7, 11) is 1.30. The number of carbonyl (C=O) groups excluding carboxylic acids is 2. The largest absolute Gasteiger partial charge is 0.453 e. The van der Waals surface area contributed by atoms with Crippen LogP contribution in [0.4, 0.5) is 4.79 Å². The minimum absolute atomic E-state index is 0.0624. The summed E-state index contributed by atoms with van der Waals surface area (Å²) in [6.07, 6.45) is 2.94. The number of methoxy groups -OCH3 is 1. The molecule has 2 amide bonds. The lowest BCUT2D eigenvalue weighted by atomic mass is 10.0. The maximum atomic E-state index is 13.3. The Morgan fingerprint density at radius 3 is 2.72 bits per heavy atom. The Hall–Kier alpha value is -2.87. The molecule has 8 heteroatoms. The van der Waals surface area contributed by atoms with Gasteiger partial charge in [-0.25, -0.2) is 9.78 Å². The van der Waals surface area contributed by atoms with E-state index in [1.54, 1.807) is 0 Å². The first-order valence-electron chi connectivity index (χ1n) is 10.8. The van der Waals surface area contributed by atoms with Crippen LogP contribution in [0, 0.1) is 5.92 Å². The zero-order chi connectivity index (χ0) is 22.8. The quantitative estimate of drug-likeness (QED) is 0.515. The van der Waals surface area contributed by atoms with Gasteiger partial charge < -0.3 is 19.9 Å². The summed E-state index contributed by atoms with van der Waals surface area (Å²) in [4.78, 5) is 34.9. The van der Waals surface area contributed by atoms with Crippen molar-refractivity contribution in [2.75, 3.05) is 13.7 Å². The summed E-state index contributed by atoms with van der Waals surface area (Å²) < 4.78 is 5.75. The maximum Gasteiger partial charge on any atom is 0.407 e. The molecule has 1 fully saturated rings. The van der Waals surface area contributed by atoms with Gasteiger partial charge in [0.15, 0.2) is 0 Å². The highest BCUT2D eigenvalue weighted by atomic mass is 79.9. The van der Waals surface area contributed by atoms with Gasteiger partial charge in [-0.1, -0.05) is 48.0 Å². The van der Waals surface area contributed by atoms with Crippen molar-refractivity contribution in [2.24, 2.45) is 5.92 Å². The Balaban J connectivity index is 1.57. The average Bonchev–Trinajstić information content (AvgIpc) is 3.45. The number of nitrogens with zero attached hydrogens (tertiary/aromatic N) is 2. The molecule has 2 atom stereocenters. The Morgan fingerprint density at radius 1 is 1.22 bits per heavy atom. The lowest BCUT2D eigenvalue weighted by Crippen LogP contribution is -2.51. The van der Waals surface area contributed by atoms with Gasteiger partial charge >= 0.3 is 6.09 Å². The molecule has 0 spiro atoms. The SMILES string of the molecule is COC(=O)NC(C(=O)N1CCC[C@H]1c1ncc(-c2ccc3cc(Br)ccc3c2)[nH]1)C(C)C. The third kappa shape index (κ3) is 4.50. The smallest absolute Gasteiger partial charge is 0.407 e. The Kier molecular flexibility index (Phi) is 6.50. The second-order valence-corrected chi connectivity index (χ2v) is 9.35. The number of hydrogen-bond donors (Lipinski definition) is 2. The van der Waals surface area contributed by atoms with Crippen LogP contribution in [-0.2, 0) is 9.53 Å². The van der Waals surface area contributed by atoms with Crippen molar-refractivity contribution in [1.29, 1.82) is 0 Å². The number of rotatable bonds is 5. The van der Waals surface area contributed by atoms with E-state index in [0.29, 0.717) is 6.54 Å². The van der Waals surface area contributed by atoms with Crippen molar-refractivity contribution in [3.63, 3.8) is 0 Å². The summed E-state index contributed by atoms with van der Waals surface area (Å²) in [6, 6.07) is 11.7. The van der Waals surface area contributed by atoms with Gasteiger partial charge in [0.25, 0.3) is 0 Å². The number of aromatic nitrogens is 2. The van der Waals surface area contributed by atoms with Crippen molar-refractivity contribution in [3.8, 4) is 11.3 Å². The van der Waals surface area contributed by atoms with Crippen molar-refractivity contribution < 1.29 is 14.3 Å². The van der Waals surface area contributed by atoms with E-state index in [9.17, 15) is 9.59 Å². The molecule has 1 unspecified atom stereocenters. The van der Waals surface area contributed by atoms with Crippen LogP contribution in [-0.4, -0.2) is 46.6 Å². The fourth-order valence-corrected chi connectivity index (χ4v) is 4.61. The molecule has 0 bridgehead atoms. The zero-order valence-electron chi connectivity index (χ0n) is 18.4. The molecule has 1 aromatic heterocycles. The first kappa shape index (κ1) is 22.3. The number of amides is 2. The molecule has 0 saturated carbocycles. The monoisotopic (exact) mass is 498 g/mol. The molecule has 1 saturated heterocycles. The van der Waals surface area contributed by atoms with E-state index in [1.807, 2.05) is 31.0 Å². The number of alkyl carbamates (subject to hydrolysis) is 1. The number of halogens is 1. The summed E-state index contributed by atoms with van der Waals surface area (Å²) in [5.41, 5.74) is 1.96.